The number of rotatable bonds is 3. The Hall–Kier alpha value is -2.73. The van der Waals surface area contributed by atoms with Gasteiger partial charge in [0.05, 0.1) is 12.1 Å². The standard InChI is InChI=1S/C20H22FN3O2/c1-19(2,3)18(25)24-20(13-22,14-9-5-4-6-10-14)26-17(23-24)15-11-7-8-12-16(15)21/h4-12H,13,22H2,1-3H3. The smallest absolute Gasteiger partial charge is 0.252 e. The lowest BCUT2D eigenvalue weighted by molar-refractivity contribution is -0.158. The van der Waals surface area contributed by atoms with E-state index < -0.39 is 17.0 Å². The van der Waals surface area contributed by atoms with Gasteiger partial charge in [0.1, 0.15) is 5.82 Å². The molecule has 1 aliphatic rings. The molecule has 0 fully saturated rings. The maximum Gasteiger partial charge on any atom is 0.252 e. The van der Waals surface area contributed by atoms with Crippen LogP contribution in [0.1, 0.15) is 31.9 Å². The van der Waals surface area contributed by atoms with Gasteiger partial charge in [0.15, 0.2) is 0 Å². The minimum absolute atomic E-state index is 0.0275. The molecule has 0 aliphatic carbocycles. The van der Waals surface area contributed by atoms with E-state index in [0.29, 0.717) is 5.56 Å². The molecular formula is C20H22FN3O2. The van der Waals surface area contributed by atoms with Gasteiger partial charge in [0.25, 0.3) is 5.91 Å². The van der Waals surface area contributed by atoms with Crippen LogP contribution in [0.15, 0.2) is 59.7 Å². The Morgan fingerprint density at radius 1 is 1.15 bits per heavy atom. The number of hydrazone groups is 1. The molecule has 1 heterocycles. The molecular weight excluding hydrogens is 333 g/mol. The van der Waals surface area contributed by atoms with E-state index in [-0.39, 0.29) is 23.9 Å². The predicted octanol–water partition coefficient (Wildman–Crippen LogP) is 3.20. The molecule has 2 aromatic rings. The molecule has 1 amide bonds. The Kier molecular flexibility index (Phi) is 4.54. The fourth-order valence-corrected chi connectivity index (χ4v) is 2.79. The van der Waals surface area contributed by atoms with E-state index in [1.165, 1.54) is 11.1 Å². The van der Waals surface area contributed by atoms with E-state index in [9.17, 15) is 9.18 Å². The number of amides is 1. The van der Waals surface area contributed by atoms with Crippen molar-refractivity contribution >= 4 is 11.8 Å². The van der Waals surface area contributed by atoms with Gasteiger partial charge in [-0.2, -0.15) is 5.01 Å². The Morgan fingerprint density at radius 2 is 1.77 bits per heavy atom. The summed E-state index contributed by atoms with van der Waals surface area (Å²) < 4.78 is 20.3. The van der Waals surface area contributed by atoms with Crippen LogP contribution in [0.3, 0.4) is 0 Å². The molecule has 0 aromatic heterocycles. The average molecular weight is 355 g/mol. The Bertz CT molecular complexity index is 846. The molecule has 1 atom stereocenters. The molecule has 2 N–H and O–H groups in total. The Balaban J connectivity index is 2.15. The number of carbonyl (C=O) groups excluding carboxylic acids is 1. The number of hydrogen-bond acceptors (Lipinski definition) is 4. The zero-order chi connectivity index (χ0) is 18.9. The van der Waals surface area contributed by atoms with Crippen LogP contribution < -0.4 is 5.73 Å². The fourth-order valence-electron chi connectivity index (χ4n) is 2.79. The molecule has 26 heavy (non-hydrogen) atoms. The first kappa shape index (κ1) is 18.1. The first-order valence-electron chi connectivity index (χ1n) is 8.42. The van der Waals surface area contributed by atoms with Crippen LogP contribution in [-0.2, 0) is 15.3 Å². The van der Waals surface area contributed by atoms with E-state index in [1.54, 1.807) is 39.0 Å². The molecule has 0 saturated heterocycles. The second-order valence-corrected chi connectivity index (χ2v) is 7.21. The van der Waals surface area contributed by atoms with Crippen LogP contribution in [0.2, 0.25) is 0 Å². The van der Waals surface area contributed by atoms with Gasteiger partial charge in [-0.15, -0.1) is 5.10 Å². The van der Waals surface area contributed by atoms with Gasteiger partial charge in [0.2, 0.25) is 11.6 Å². The van der Waals surface area contributed by atoms with Crippen LogP contribution in [0.4, 0.5) is 4.39 Å². The third kappa shape index (κ3) is 2.97. The number of hydrogen-bond donors (Lipinski definition) is 1. The Morgan fingerprint density at radius 3 is 2.35 bits per heavy atom. The quantitative estimate of drug-likeness (QED) is 0.919. The van der Waals surface area contributed by atoms with Gasteiger partial charge in [-0.3, -0.25) is 4.79 Å². The van der Waals surface area contributed by atoms with Gasteiger partial charge in [-0.1, -0.05) is 63.2 Å². The highest BCUT2D eigenvalue weighted by atomic mass is 19.1. The number of halogens is 1. The van der Waals surface area contributed by atoms with Crippen molar-refractivity contribution in [1.29, 1.82) is 0 Å². The Labute approximate surface area is 152 Å². The van der Waals surface area contributed by atoms with E-state index in [2.05, 4.69) is 5.10 Å². The monoisotopic (exact) mass is 355 g/mol. The highest BCUT2D eigenvalue weighted by Crippen LogP contribution is 2.39. The van der Waals surface area contributed by atoms with Crippen LogP contribution in [0, 0.1) is 11.2 Å². The summed E-state index contributed by atoms with van der Waals surface area (Å²) in [5.74, 6) is -0.705. The normalized spacial score (nSPS) is 19.9. The van der Waals surface area contributed by atoms with Gasteiger partial charge < -0.3 is 10.5 Å². The predicted molar refractivity (Wildman–Crippen MR) is 97.5 cm³/mol. The van der Waals surface area contributed by atoms with E-state index in [4.69, 9.17) is 10.5 Å². The van der Waals surface area contributed by atoms with Gasteiger partial charge >= 0.3 is 0 Å². The lowest BCUT2D eigenvalue weighted by Crippen LogP contribution is -2.53. The second kappa shape index (κ2) is 6.53. The summed E-state index contributed by atoms with van der Waals surface area (Å²) in [7, 11) is 0. The summed E-state index contributed by atoms with van der Waals surface area (Å²) in [6, 6.07) is 15.3. The summed E-state index contributed by atoms with van der Waals surface area (Å²) in [5.41, 5.74) is 4.89. The van der Waals surface area contributed by atoms with Crippen molar-refractivity contribution in [2.45, 2.75) is 26.5 Å². The van der Waals surface area contributed by atoms with Gasteiger partial charge in [-0.25, -0.2) is 4.39 Å². The largest absolute Gasteiger partial charge is 0.442 e. The third-order valence-electron chi connectivity index (χ3n) is 4.24. The molecule has 1 aliphatic heterocycles. The maximum absolute atomic E-state index is 14.3. The summed E-state index contributed by atoms with van der Waals surface area (Å²) in [6.07, 6.45) is 0. The first-order chi connectivity index (χ1) is 12.3. The molecule has 1 unspecified atom stereocenters. The molecule has 0 saturated carbocycles. The number of ether oxygens (including phenoxy) is 1. The molecule has 3 rings (SSSR count). The zero-order valence-corrected chi connectivity index (χ0v) is 15.1. The van der Waals surface area contributed by atoms with Crippen LogP contribution in [0.5, 0.6) is 0 Å². The van der Waals surface area contributed by atoms with Gasteiger partial charge in [0, 0.05) is 11.0 Å². The van der Waals surface area contributed by atoms with Crippen molar-refractivity contribution in [2.75, 3.05) is 6.54 Å². The van der Waals surface area contributed by atoms with Crippen LogP contribution in [0.25, 0.3) is 0 Å². The summed E-state index contributed by atoms with van der Waals surface area (Å²) in [4.78, 5) is 13.1. The van der Waals surface area contributed by atoms with Crippen molar-refractivity contribution in [1.82, 2.24) is 5.01 Å². The summed E-state index contributed by atoms with van der Waals surface area (Å²) in [6.45, 7) is 5.34. The molecule has 0 radical (unpaired) electrons. The van der Waals surface area contributed by atoms with E-state index in [1.807, 2.05) is 30.3 Å². The van der Waals surface area contributed by atoms with E-state index >= 15 is 0 Å². The topological polar surface area (TPSA) is 67.9 Å². The molecule has 5 nitrogen and oxygen atoms in total. The van der Waals surface area contributed by atoms with Crippen molar-refractivity contribution in [2.24, 2.45) is 16.3 Å². The number of nitrogens with two attached hydrogens (primary N) is 1. The summed E-state index contributed by atoms with van der Waals surface area (Å²) in [5, 5.41) is 5.60. The van der Waals surface area contributed by atoms with Crippen molar-refractivity contribution < 1.29 is 13.9 Å². The maximum atomic E-state index is 14.3. The zero-order valence-electron chi connectivity index (χ0n) is 15.1. The molecule has 0 bridgehead atoms. The number of carbonyl (C=O) groups is 1. The highest BCUT2D eigenvalue weighted by Gasteiger charge is 2.51. The second-order valence-electron chi connectivity index (χ2n) is 7.21. The lowest BCUT2D eigenvalue weighted by atomic mass is 9.92. The molecule has 136 valence electrons. The van der Waals surface area contributed by atoms with E-state index in [0.717, 1.165) is 0 Å². The molecule has 6 heteroatoms. The SMILES string of the molecule is CC(C)(C)C(=O)N1N=C(c2ccccc2F)OC1(CN)c1ccccc1. The van der Waals surface area contributed by atoms with Crippen LogP contribution >= 0.6 is 0 Å². The fraction of sp³-hybridized carbons (Fsp3) is 0.300. The van der Waals surface area contributed by atoms with Crippen LogP contribution in [-0.4, -0.2) is 23.4 Å². The highest BCUT2D eigenvalue weighted by molar-refractivity contribution is 5.97. The van der Waals surface area contributed by atoms with Crippen molar-refractivity contribution in [3.05, 3.63) is 71.5 Å². The number of nitrogens with zero attached hydrogens (tertiary/aromatic N) is 2. The minimum Gasteiger partial charge on any atom is -0.442 e. The first-order valence-corrected chi connectivity index (χ1v) is 8.42. The lowest BCUT2D eigenvalue weighted by Gasteiger charge is -2.36. The average Bonchev–Trinajstić information content (AvgIpc) is 3.02. The molecule has 0 spiro atoms. The third-order valence-corrected chi connectivity index (χ3v) is 4.24. The minimum atomic E-state index is -1.32. The van der Waals surface area contributed by atoms with Gasteiger partial charge in [-0.05, 0) is 12.1 Å². The van der Waals surface area contributed by atoms with Crippen molar-refractivity contribution in [3.8, 4) is 0 Å². The number of benzene rings is 2. The summed E-state index contributed by atoms with van der Waals surface area (Å²) >= 11 is 0. The van der Waals surface area contributed by atoms with Crippen molar-refractivity contribution in [3.63, 3.8) is 0 Å². The molecule has 2 aromatic carbocycles.